The summed E-state index contributed by atoms with van der Waals surface area (Å²) in [6.45, 7) is 2.29. The van der Waals surface area contributed by atoms with Crippen molar-refractivity contribution in [1.82, 2.24) is 10.2 Å². The zero-order chi connectivity index (χ0) is 14.1. The van der Waals surface area contributed by atoms with E-state index in [4.69, 9.17) is 0 Å². The molecule has 110 valence electrons. The number of nitrogens with one attached hydrogen (secondary N) is 1. The highest BCUT2D eigenvalue weighted by Gasteiger charge is 2.62. The molecule has 2 atom stereocenters. The average Bonchev–Trinajstić information content (AvgIpc) is 2.74. The molecule has 2 heterocycles. The third-order valence-electron chi connectivity index (χ3n) is 4.42. The summed E-state index contributed by atoms with van der Waals surface area (Å²) in [5.74, 6) is -0.723. The van der Waals surface area contributed by atoms with E-state index >= 15 is 0 Å². The lowest BCUT2D eigenvalue weighted by molar-refractivity contribution is -0.222. The van der Waals surface area contributed by atoms with Gasteiger partial charge in [-0.1, -0.05) is 12.8 Å². The zero-order valence-electron chi connectivity index (χ0n) is 11.2. The Labute approximate surface area is 111 Å². The number of rotatable bonds is 1. The summed E-state index contributed by atoms with van der Waals surface area (Å²) in [4.78, 5) is 14.0. The molecule has 0 saturated carbocycles. The van der Waals surface area contributed by atoms with E-state index in [2.05, 4.69) is 5.32 Å². The second-order valence-corrected chi connectivity index (χ2v) is 5.70. The Morgan fingerprint density at radius 3 is 2.63 bits per heavy atom. The van der Waals surface area contributed by atoms with Crippen LogP contribution in [-0.2, 0) is 4.79 Å². The molecule has 0 aliphatic carbocycles. The third kappa shape index (κ3) is 2.59. The smallest absolute Gasteiger partial charge is 0.339 e. The molecule has 0 aromatic rings. The number of amides is 1. The van der Waals surface area contributed by atoms with Crippen molar-refractivity contribution in [2.75, 3.05) is 19.6 Å². The Kier molecular flexibility index (Phi) is 4.08. The first-order valence-corrected chi connectivity index (χ1v) is 6.97. The van der Waals surface area contributed by atoms with Crippen LogP contribution >= 0.6 is 0 Å². The van der Waals surface area contributed by atoms with Gasteiger partial charge in [-0.15, -0.1) is 0 Å². The molecule has 2 rings (SSSR count). The highest BCUT2D eigenvalue weighted by molar-refractivity contribution is 5.84. The fourth-order valence-corrected chi connectivity index (χ4v) is 3.09. The second kappa shape index (κ2) is 5.31. The van der Waals surface area contributed by atoms with E-state index < -0.39 is 17.5 Å². The van der Waals surface area contributed by atoms with E-state index in [0.717, 1.165) is 25.7 Å². The number of alkyl halides is 3. The van der Waals surface area contributed by atoms with Gasteiger partial charge in [-0.3, -0.25) is 4.79 Å². The van der Waals surface area contributed by atoms with E-state index in [1.54, 1.807) is 0 Å². The Morgan fingerprint density at radius 2 is 2.05 bits per heavy atom. The number of hydrogen-bond donors (Lipinski definition) is 1. The molecular weight excluding hydrogens is 257 g/mol. The molecule has 2 aliphatic heterocycles. The quantitative estimate of drug-likeness (QED) is 0.798. The van der Waals surface area contributed by atoms with Crippen LogP contribution in [0.2, 0.25) is 0 Å². The highest BCUT2D eigenvalue weighted by Crippen LogP contribution is 2.45. The maximum Gasteiger partial charge on any atom is 0.404 e. The van der Waals surface area contributed by atoms with Gasteiger partial charge in [-0.2, -0.15) is 13.2 Å². The van der Waals surface area contributed by atoms with Gasteiger partial charge < -0.3 is 10.2 Å². The third-order valence-corrected chi connectivity index (χ3v) is 4.42. The Hall–Kier alpha value is -0.780. The number of halogens is 3. The first-order valence-electron chi connectivity index (χ1n) is 6.97. The molecule has 1 amide bonds. The molecule has 1 N–H and O–H groups in total. The minimum Gasteiger partial charge on any atom is -0.339 e. The highest BCUT2D eigenvalue weighted by atomic mass is 19.4. The summed E-state index contributed by atoms with van der Waals surface area (Å²) < 4.78 is 40.1. The van der Waals surface area contributed by atoms with Crippen molar-refractivity contribution < 1.29 is 18.0 Å². The Morgan fingerprint density at radius 1 is 1.32 bits per heavy atom. The van der Waals surface area contributed by atoms with Gasteiger partial charge in [0.15, 0.2) is 5.41 Å². The summed E-state index contributed by atoms with van der Waals surface area (Å²) in [7, 11) is 0. The summed E-state index contributed by atoms with van der Waals surface area (Å²) in [5, 5.41) is 2.70. The van der Waals surface area contributed by atoms with E-state index in [1.165, 1.54) is 4.90 Å². The minimum atomic E-state index is -4.47. The lowest BCUT2D eigenvalue weighted by atomic mass is 9.84. The van der Waals surface area contributed by atoms with Gasteiger partial charge in [0.25, 0.3) is 0 Å². The maximum atomic E-state index is 13.4. The molecule has 6 heteroatoms. The summed E-state index contributed by atoms with van der Waals surface area (Å²) in [5.41, 5.74) is -2.20. The molecule has 0 bridgehead atoms. The van der Waals surface area contributed by atoms with E-state index in [0.29, 0.717) is 6.54 Å². The molecule has 3 nitrogen and oxygen atoms in total. The number of carbonyl (C=O) groups excluding carboxylic acids is 1. The average molecular weight is 278 g/mol. The second-order valence-electron chi connectivity index (χ2n) is 5.70. The number of hydrogen-bond acceptors (Lipinski definition) is 2. The Bertz CT molecular complexity index is 337. The molecule has 19 heavy (non-hydrogen) atoms. The Balaban J connectivity index is 2.24. The van der Waals surface area contributed by atoms with Crippen LogP contribution in [0.3, 0.4) is 0 Å². The van der Waals surface area contributed by atoms with Crippen LogP contribution in [0, 0.1) is 5.41 Å². The molecule has 0 aromatic heterocycles. The molecule has 2 fully saturated rings. The predicted octanol–water partition coefficient (Wildman–Crippen LogP) is 2.32. The van der Waals surface area contributed by atoms with Gasteiger partial charge in [0.2, 0.25) is 5.91 Å². The molecule has 0 radical (unpaired) electrons. The molecular formula is C13H21F3N2O. The first-order chi connectivity index (χ1) is 8.88. The summed E-state index contributed by atoms with van der Waals surface area (Å²) >= 11 is 0. The lowest BCUT2D eigenvalue weighted by Gasteiger charge is -2.37. The molecule has 0 spiro atoms. The summed E-state index contributed by atoms with van der Waals surface area (Å²) in [6, 6.07) is -0.0881. The van der Waals surface area contributed by atoms with Crippen molar-refractivity contribution >= 4 is 5.91 Å². The van der Waals surface area contributed by atoms with Gasteiger partial charge in [0, 0.05) is 19.1 Å². The normalized spacial score (nSPS) is 33.3. The van der Waals surface area contributed by atoms with Crippen molar-refractivity contribution in [3.63, 3.8) is 0 Å². The van der Waals surface area contributed by atoms with Crippen LogP contribution in [0.25, 0.3) is 0 Å². The molecule has 0 aromatic carbocycles. The molecule has 2 saturated heterocycles. The maximum absolute atomic E-state index is 13.4. The number of carbonyl (C=O) groups is 1. The standard InChI is InChI=1S/C13H21F3N2O/c1-10-5-3-2-4-8-18(10)11(19)12(13(14,15)16)6-7-17-9-12/h10,17H,2-9H2,1H3. The van der Waals surface area contributed by atoms with Crippen molar-refractivity contribution in [3.8, 4) is 0 Å². The molecule has 2 unspecified atom stereocenters. The SMILES string of the molecule is CC1CCCCCN1C(=O)C1(C(F)(F)F)CCNC1. The van der Waals surface area contributed by atoms with Crippen molar-refractivity contribution in [2.24, 2.45) is 5.41 Å². The van der Waals surface area contributed by atoms with Gasteiger partial charge in [-0.25, -0.2) is 0 Å². The van der Waals surface area contributed by atoms with Crippen LogP contribution in [-0.4, -0.2) is 42.7 Å². The van der Waals surface area contributed by atoms with Crippen LogP contribution in [0.4, 0.5) is 13.2 Å². The largest absolute Gasteiger partial charge is 0.404 e. The number of nitrogens with zero attached hydrogens (tertiary/aromatic N) is 1. The van der Waals surface area contributed by atoms with Gasteiger partial charge in [0.05, 0.1) is 0 Å². The topological polar surface area (TPSA) is 32.3 Å². The van der Waals surface area contributed by atoms with E-state index in [-0.39, 0.29) is 25.6 Å². The van der Waals surface area contributed by atoms with Crippen molar-refractivity contribution in [1.29, 1.82) is 0 Å². The van der Waals surface area contributed by atoms with E-state index in [1.807, 2.05) is 6.92 Å². The first kappa shape index (κ1) is 14.6. The zero-order valence-corrected chi connectivity index (χ0v) is 11.2. The van der Waals surface area contributed by atoms with Crippen LogP contribution < -0.4 is 5.32 Å². The van der Waals surface area contributed by atoms with Crippen LogP contribution in [0.15, 0.2) is 0 Å². The fourth-order valence-electron chi connectivity index (χ4n) is 3.09. The lowest BCUT2D eigenvalue weighted by Crippen LogP contribution is -2.55. The van der Waals surface area contributed by atoms with Crippen molar-refractivity contribution in [3.05, 3.63) is 0 Å². The van der Waals surface area contributed by atoms with Crippen molar-refractivity contribution in [2.45, 2.75) is 51.2 Å². The van der Waals surface area contributed by atoms with Gasteiger partial charge in [0.1, 0.15) is 0 Å². The van der Waals surface area contributed by atoms with Crippen LogP contribution in [0.5, 0.6) is 0 Å². The van der Waals surface area contributed by atoms with Gasteiger partial charge in [-0.05, 0) is 32.7 Å². The van der Waals surface area contributed by atoms with E-state index in [9.17, 15) is 18.0 Å². The monoisotopic (exact) mass is 278 g/mol. The van der Waals surface area contributed by atoms with Crippen LogP contribution in [0.1, 0.15) is 39.0 Å². The predicted molar refractivity (Wildman–Crippen MR) is 65.6 cm³/mol. The fraction of sp³-hybridized carbons (Fsp3) is 0.923. The number of likely N-dealkylation sites (tertiary alicyclic amines) is 1. The van der Waals surface area contributed by atoms with Gasteiger partial charge >= 0.3 is 6.18 Å². The minimum absolute atomic E-state index is 0.0881. The summed E-state index contributed by atoms with van der Waals surface area (Å²) in [6.07, 6.45) is -1.03. The molecule has 2 aliphatic rings.